The lowest BCUT2D eigenvalue weighted by molar-refractivity contribution is -0.137. The Balaban J connectivity index is 1.34. The quantitative estimate of drug-likeness (QED) is 0.147. The molecule has 42 heavy (non-hydrogen) atoms. The van der Waals surface area contributed by atoms with E-state index < -0.39 is 11.9 Å². The second kappa shape index (κ2) is 15.0. The van der Waals surface area contributed by atoms with Crippen molar-refractivity contribution in [3.63, 3.8) is 0 Å². The number of amides is 3. The van der Waals surface area contributed by atoms with Crippen LogP contribution in [-0.2, 0) is 19.2 Å². The molecule has 3 amide bonds. The molecule has 9 nitrogen and oxygen atoms in total. The maximum Gasteiger partial charge on any atom is 0.303 e. The Kier molecular flexibility index (Phi) is 11.1. The summed E-state index contributed by atoms with van der Waals surface area (Å²) in [5.74, 6) is -1.11. The second-order valence-electron chi connectivity index (χ2n) is 10.2. The molecule has 2 N–H and O–H groups in total. The van der Waals surface area contributed by atoms with E-state index in [0.29, 0.717) is 38.5 Å². The highest BCUT2D eigenvalue weighted by Crippen LogP contribution is 2.44. The first-order chi connectivity index (χ1) is 20.3. The number of hydrogen-bond donors (Lipinski definition) is 2. The minimum Gasteiger partial charge on any atom is -0.497 e. The van der Waals surface area contributed by atoms with E-state index in [1.807, 2.05) is 0 Å². The van der Waals surface area contributed by atoms with Gasteiger partial charge in [0.15, 0.2) is 0 Å². The van der Waals surface area contributed by atoms with Gasteiger partial charge in [-0.25, -0.2) is 0 Å². The maximum atomic E-state index is 13.7. The molecule has 0 unspecified atom stereocenters. The zero-order chi connectivity index (χ0) is 30.1. The van der Waals surface area contributed by atoms with Crippen molar-refractivity contribution in [3.05, 3.63) is 59.0 Å². The fourth-order valence-electron chi connectivity index (χ4n) is 5.02. The summed E-state index contributed by atoms with van der Waals surface area (Å²) >= 11 is 6.67. The number of anilines is 2. The number of carboxylic acid groups (broad SMARTS) is 1. The number of unbranched alkanes of at least 4 members (excludes halogenated alkanes) is 7. The van der Waals surface area contributed by atoms with Crippen molar-refractivity contribution in [1.29, 1.82) is 0 Å². The van der Waals surface area contributed by atoms with Crippen LogP contribution in [0.1, 0.15) is 63.4 Å². The fourth-order valence-corrected chi connectivity index (χ4v) is 6.40. The van der Waals surface area contributed by atoms with E-state index in [9.17, 15) is 19.2 Å². The van der Waals surface area contributed by atoms with E-state index in [4.69, 9.17) is 22.1 Å². The van der Waals surface area contributed by atoms with Crippen molar-refractivity contribution in [3.8, 4) is 5.75 Å². The Morgan fingerprint density at radius 1 is 0.881 bits per heavy atom. The highest BCUT2D eigenvalue weighted by Gasteiger charge is 2.42. The summed E-state index contributed by atoms with van der Waals surface area (Å²) in [4.78, 5) is 53.8. The predicted octanol–water partition coefficient (Wildman–Crippen LogP) is 5.85. The normalized spacial score (nSPS) is 16.3. The number of methoxy groups -OCH3 is 1. The summed E-state index contributed by atoms with van der Waals surface area (Å²) in [6, 6.07) is 14.1. The van der Waals surface area contributed by atoms with E-state index in [0.717, 1.165) is 63.1 Å². The molecule has 0 bridgehead atoms. The summed E-state index contributed by atoms with van der Waals surface area (Å²) in [5, 5.41) is 11.5. The molecule has 0 aliphatic carbocycles. The van der Waals surface area contributed by atoms with Crippen LogP contribution in [0.4, 0.5) is 11.4 Å². The van der Waals surface area contributed by atoms with Crippen LogP contribution in [0, 0.1) is 0 Å². The lowest BCUT2D eigenvalue weighted by Crippen LogP contribution is -2.35. The molecular weight excluding hydrogens is 574 g/mol. The number of hydrogen-bond acceptors (Lipinski definition) is 7. The third-order valence-electron chi connectivity index (χ3n) is 7.20. The first-order valence-corrected chi connectivity index (χ1v) is 15.4. The molecule has 2 aromatic rings. The van der Waals surface area contributed by atoms with Crippen LogP contribution in [0.2, 0.25) is 0 Å². The van der Waals surface area contributed by atoms with E-state index in [-0.39, 0.29) is 30.4 Å². The number of thioether (sulfide) groups is 1. The average molecular weight is 610 g/mol. The molecule has 0 radical (unpaired) electrons. The summed E-state index contributed by atoms with van der Waals surface area (Å²) in [6.45, 7) is 0.287. The number of aliphatic carboxylic acids is 1. The molecule has 2 heterocycles. The van der Waals surface area contributed by atoms with Crippen molar-refractivity contribution in [1.82, 2.24) is 4.90 Å². The molecule has 222 valence electrons. The molecule has 4 rings (SSSR count). The van der Waals surface area contributed by atoms with Gasteiger partial charge >= 0.3 is 5.97 Å². The average Bonchev–Trinajstić information content (AvgIpc) is 3.40. The van der Waals surface area contributed by atoms with Gasteiger partial charge in [0.2, 0.25) is 5.91 Å². The van der Waals surface area contributed by atoms with E-state index in [1.165, 1.54) is 4.90 Å². The third-order valence-corrected chi connectivity index (χ3v) is 8.65. The molecule has 0 saturated carbocycles. The van der Waals surface area contributed by atoms with Crippen LogP contribution in [-0.4, -0.2) is 58.2 Å². The number of nitrogens with one attached hydrogen (secondary N) is 1. The summed E-state index contributed by atoms with van der Waals surface area (Å²) in [7, 11) is 1.56. The molecule has 2 aliphatic rings. The molecule has 1 fully saturated rings. The van der Waals surface area contributed by atoms with Crippen LogP contribution in [0.5, 0.6) is 5.75 Å². The lowest BCUT2D eigenvalue weighted by Gasteiger charge is -2.17. The Bertz CT molecular complexity index is 1370. The van der Waals surface area contributed by atoms with Crippen LogP contribution >= 0.6 is 24.0 Å². The predicted molar refractivity (Wildman–Crippen MR) is 168 cm³/mol. The number of fused-ring (bicyclic) bond motifs is 1. The van der Waals surface area contributed by atoms with Gasteiger partial charge < -0.3 is 15.2 Å². The number of ether oxygens (including phenoxy) is 1. The van der Waals surface area contributed by atoms with Gasteiger partial charge in [-0.3, -0.25) is 29.0 Å². The lowest BCUT2D eigenvalue weighted by atomic mass is 10.1. The standard InChI is InChI=1S/C31H35N3O6S2/c1-40-22-17-15-21(16-18-22)32-25(35)20-34-24-13-10-9-12-23(24)27(29(34)38)28-30(39)33(31(41)42-28)19-11-7-5-3-2-4-6-8-14-26(36)37/h9-10,12-13,15-18H,2-8,11,14,19-20H2,1H3,(H,32,35)(H,36,37). The first-order valence-electron chi connectivity index (χ1n) is 14.1. The number of rotatable bonds is 15. The minimum atomic E-state index is -0.742. The van der Waals surface area contributed by atoms with Gasteiger partial charge in [0.05, 0.1) is 23.3 Å². The maximum absolute atomic E-state index is 13.7. The van der Waals surface area contributed by atoms with Crippen molar-refractivity contribution < 1.29 is 29.0 Å². The zero-order valence-electron chi connectivity index (χ0n) is 23.6. The van der Waals surface area contributed by atoms with Gasteiger partial charge in [-0.1, -0.05) is 80.7 Å². The number of thiocarbonyl (C=S) groups is 1. The molecule has 0 aromatic heterocycles. The van der Waals surface area contributed by atoms with E-state index in [2.05, 4.69) is 5.32 Å². The number of benzene rings is 2. The summed E-state index contributed by atoms with van der Waals surface area (Å²) in [6.07, 6.45) is 7.86. The smallest absolute Gasteiger partial charge is 0.303 e. The molecule has 2 aromatic carbocycles. The molecule has 11 heteroatoms. The Morgan fingerprint density at radius 2 is 1.52 bits per heavy atom. The van der Waals surface area contributed by atoms with E-state index in [1.54, 1.807) is 60.5 Å². The van der Waals surface area contributed by atoms with Gasteiger partial charge in [0.25, 0.3) is 11.8 Å². The first kappa shape index (κ1) is 31.2. The number of carbonyl (C=O) groups excluding carboxylic acids is 3. The topological polar surface area (TPSA) is 116 Å². The Hall–Kier alpha value is -3.70. The van der Waals surface area contributed by atoms with Crippen LogP contribution in [0.3, 0.4) is 0 Å². The van der Waals surface area contributed by atoms with Gasteiger partial charge in [-0.05, 0) is 43.2 Å². The number of carbonyl (C=O) groups is 4. The van der Waals surface area contributed by atoms with Gasteiger partial charge in [0.1, 0.15) is 16.6 Å². The van der Waals surface area contributed by atoms with Gasteiger partial charge in [-0.15, -0.1) is 0 Å². The van der Waals surface area contributed by atoms with Crippen molar-refractivity contribution in [2.75, 3.05) is 30.4 Å². The second-order valence-corrected chi connectivity index (χ2v) is 11.8. The van der Waals surface area contributed by atoms with Crippen LogP contribution < -0.4 is 15.0 Å². The van der Waals surface area contributed by atoms with Crippen LogP contribution in [0.15, 0.2) is 53.4 Å². The Labute approximate surface area is 255 Å². The fraction of sp³-hybridized carbons (Fsp3) is 0.387. The summed E-state index contributed by atoms with van der Waals surface area (Å²) < 4.78 is 5.58. The molecule has 2 aliphatic heterocycles. The number of carboxylic acids is 1. The van der Waals surface area contributed by atoms with Crippen molar-refractivity contribution in [2.24, 2.45) is 0 Å². The van der Waals surface area contributed by atoms with Gasteiger partial charge in [-0.2, -0.15) is 0 Å². The zero-order valence-corrected chi connectivity index (χ0v) is 25.2. The van der Waals surface area contributed by atoms with Gasteiger partial charge in [0, 0.05) is 24.2 Å². The van der Waals surface area contributed by atoms with Crippen molar-refractivity contribution >= 4 is 68.9 Å². The third kappa shape index (κ3) is 7.77. The SMILES string of the molecule is COc1ccc(NC(=O)CN2C(=O)C(=C3SC(=S)N(CCCCCCCCCCC(=O)O)C3=O)c3ccccc32)cc1. The molecule has 0 spiro atoms. The molecular formula is C31H35N3O6S2. The van der Waals surface area contributed by atoms with E-state index >= 15 is 0 Å². The molecule has 0 atom stereocenters. The minimum absolute atomic E-state index is 0.203. The number of nitrogens with zero attached hydrogens (tertiary/aromatic N) is 2. The largest absolute Gasteiger partial charge is 0.497 e. The molecule has 1 saturated heterocycles. The highest BCUT2D eigenvalue weighted by atomic mass is 32.2. The number of para-hydroxylation sites is 1. The van der Waals surface area contributed by atoms with Crippen LogP contribution in [0.25, 0.3) is 5.57 Å². The monoisotopic (exact) mass is 609 g/mol. The Morgan fingerprint density at radius 3 is 2.19 bits per heavy atom. The summed E-state index contributed by atoms with van der Waals surface area (Å²) in [5.41, 5.74) is 2.06. The highest BCUT2D eigenvalue weighted by molar-refractivity contribution is 8.26. The van der Waals surface area contributed by atoms with Crippen molar-refractivity contribution in [2.45, 2.75) is 57.8 Å².